The molecule has 2 unspecified atom stereocenters. The van der Waals surface area contributed by atoms with Crippen molar-refractivity contribution < 1.29 is 28.2 Å². The zero-order valence-electron chi connectivity index (χ0n) is 35.0. The van der Waals surface area contributed by atoms with Gasteiger partial charge in [0.1, 0.15) is 0 Å². The molecule has 5 saturated carbocycles. The summed E-state index contributed by atoms with van der Waals surface area (Å²) in [7, 11) is 1.47. The van der Waals surface area contributed by atoms with Crippen molar-refractivity contribution in [2.75, 3.05) is 20.7 Å². The minimum Gasteiger partial charge on any atom is -0.439 e. The molecular weight excluding hydrogens is 667 g/mol. The molecule has 0 aromatic rings. The third kappa shape index (κ3) is 5.54. The van der Waals surface area contributed by atoms with Crippen LogP contribution in [0.3, 0.4) is 0 Å². The summed E-state index contributed by atoms with van der Waals surface area (Å²) in [4.78, 5) is 14.4. The van der Waals surface area contributed by atoms with Gasteiger partial charge in [0.15, 0.2) is 20.7 Å². The van der Waals surface area contributed by atoms with E-state index in [1.54, 1.807) is 14.1 Å². The molecule has 0 radical (unpaired) electrons. The van der Waals surface area contributed by atoms with Gasteiger partial charge in [0.25, 0.3) is 0 Å². The number of carbonyl (C=O) groups is 1. The fourth-order valence-electron chi connectivity index (χ4n) is 14.9. The van der Waals surface area contributed by atoms with Crippen molar-refractivity contribution in [1.82, 2.24) is 4.90 Å². The SMILES string of the molecule is C=C(C)[C@@H](OC(=O)N(C)C)[C@H]1C[C@@H](C)[C@H]2[C@H](O1)[C@H](O[Si](CC)(CC)CC)[C@@]1(C)[C@@H]3CC[C@H]4C(C)(C)C(O[C@H]5CCCCO5)CCC45C[C@@]35CC[C@]21C. The average Bonchev–Trinajstić information content (AvgIpc) is 3.74. The molecule has 0 N–H and O–H groups in total. The summed E-state index contributed by atoms with van der Waals surface area (Å²) < 4.78 is 34.5. The van der Waals surface area contributed by atoms with Crippen LogP contribution >= 0.6 is 0 Å². The first kappa shape index (κ1) is 39.3. The number of ether oxygens (including phenoxy) is 4. The molecule has 296 valence electrons. The first-order valence-electron chi connectivity index (χ1n) is 21.6. The summed E-state index contributed by atoms with van der Waals surface area (Å²) in [6.07, 6.45) is 12.5. The Morgan fingerprint density at radius 3 is 2.23 bits per heavy atom. The predicted molar refractivity (Wildman–Crippen MR) is 209 cm³/mol. The molecule has 7 aliphatic rings. The Hall–Kier alpha value is -0.933. The van der Waals surface area contributed by atoms with Crippen LogP contribution < -0.4 is 0 Å². The number of hydrogen-bond acceptors (Lipinski definition) is 6. The van der Waals surface area contributed by atoms with Crippen molar-refractivity contribution in [3.63, 3.8) is 0 Å². The second kappa shape index (κ2) is 13.6. The van der Waals surface area contributed by atoms with E-state index in [9.17, 15) is 4.79 Å². The lowest BCUT2D eigenvalue weighted by molar-refractivity contribution is -0.242. The first-order chi connectivity index (χ1) is 24.5. The molecule has 1 amide bonds. The summed E-state index contributed by atoms with van der Waals surface area (Å²) in [5, 5.41) is 0. The van der Waals surface area contributed by atoms with Crippen molar-refractivity contribution in [3.8, 4) is 0 Å². The van der Waals surface area contributed by atoms with Crippen molar-refractivity contribution in [2.24, 2.45) is 50.7 Å². The summed E-state index contributed by atoms with van der Waals surface area (Å²) in [6.45, 7) is 27.2. The van der Waals surface area contributed by atoms with Crippen LogP contribution in [0.4, 0.5) is 4.79 Å². The molecule has 0 aromatic heterocycles. The van der Waals surface area contributed by atoms with Crippen LogP contribution in [0.25, 0.3) is 0 Å². The highest BCUT2D eigenvalue weighted by molar-refractivity contribution is 6.73. The van der Waals surface area contributed by atoms with Crippen LogP contribution in [-0.4, -0.2) is 76.8 Å². The summed E-state index contributed by atoms with van der Waals surface area (Å²) >= 11 is 0. The van der Waals surface area contributed by atoms with Crippen LogP contribution in [0.5, 0.6) is 0 Å². The second-order valence-electron chi connectivity index (χ2n) is 20.4. The van der Waals surface area contributed by atoms with Crippen LogP contribution in [0.2, 0.25) is 18.1 Å². The molecule has 5 aliphatic carbocycles. The van der Waals surface area contributed by atoms with E-state index in [4.69, 9.17) is 23.4 Å². The Bertz CT molecular complexity index is 1350. The van der Waals surface area contributed by atoms with Gasteiger partial charge in [-0.25, -0.2) is 4.79 Å². The number of rotatable bonds is 10. The maximum Gasteiger partial charge on any atom is 0.409 e. The van der Waals surface area contributed by atoms with E-state index >= 15 is 0 Å². The normalized spacial score (nSPS) is 46.8. The molecule has 2 aliphatic heterocycles. The van der Waals surface area contributed by atoms with E-state index in [1.165, 1.54) is 49.8 Å². The van der Waals surface area contributed by atoms with E-state index in [1.807, 2.05) is 6.92 Å². The standard InChI is InChI=1S/C44H75NO6Si/c1-13-52(14-2,15-3)51-38-37-35(29(6)26-30(48-37)36(28(4)5)50-39(46)45(11)12)41(9)23-24-44-27-43(44)22-21-33(49-34-18-16-17-25-47-34)40(7,8)31(43)19-20-32(44)42(38,41)10/h29-38H,4,13-27H2,1-3,5-12H3/t29-,30-,31+,32+,33?,34+,35+,36-,37+,38+,41-,42-,43?,44+/m1/s1. The molecule has 8 heteroatoms. The van der Waals surface area contributed by atoms with Gasteiger partial charge in [-0.2, -0.15) is 0 Å². The lowest BCUT2D eigenvalue weighted by Gasteiger charge is -2.64. The van der Waals surface area contributed by atoms with E-state index < -0.39 is 14.4 Å². The topological polar surface area (TPSA) is 66.5 Å². The van der Waals surface area contributed by atoms with Gasteiger partial charge < -0.3 is 28.3 Å². The Kier molecular flexibility index (Phi) is 10.3. The highest BCUT2D eigenvalue weighted by atomic mass is 28.4. The van der Waals surface area contributed by atoms with Crippen molar-refractivity contribution in [2.45, 2.75) is 188 Å². The fraction of sp³-hybridized carbons (Fsp3) is 0.932. The Morgan fingerprint density at radius 2 is 1.62 bits per heavy atom. The van der Waals surface area contributed by atoms with Crippen LogP contribution in [0.15, 0.2) is 12.2 Å². The zero-order valence-corrected chi connectivity index (χ0v) is 36.0. The molecule has 14 atom stereocenters. The van der Waals surface area contributed by atoms with Crippen molar-refractivity contribution in [1.29, 1.82) is 0 Å². The fourth-order valence-corrected chi connectivity index (χ4v) is 17.8. The predicted octanol–water partition coefficient (Wildman–Crippen LogP) is 10.4. The third-order valence-corrected chi connectivity index (χ3v) is 22.5. The smallest absolute Gasteiger partial charge is 0.409 e. The molecule has 2 saturated heterocycles. The van der Waals surface area contributed by atoms with Crippen LogP contribution in [0, 0.1) is 50.7 Å². The first-order valence-corrected chi connectivity index (χ1v) is 24.2. The maximum atomic E-state index is 12.9. The summed E-state index contributed by atoms with van der Waals surface area (Å²) in [5.74, 6) is 2.14. The van der Waals surface area contributed by atoms with Gasteiger partial charge in [-0.3, -0.25) is 0 Å². The Balaban J connectivity index is 1.24. The maximum absolute atomic E-state index is 12.9. The molecule has 7 nitrogen and oxygen atoms in total. The van der Waals surface area contributed by atoms with Crippen LogP contribution in [0.1, 0.15) is 133 Å². The number of fused-ring (bicyclic) bond motifs is 4. The number of hydrogen-bond donors (Lipinski definition) is 0. The highest BCUT2D eigenvalue weighted by Crippen LogP contribution is 2.89. The molecule has 2 heterocycles. The quantitative estimate of drug-likeness (QED) is 0.126. The third-order valence-electron chi connectivity index (χ3n) is 17.9. The van der Waals surface area contributed by atoms with E-state index in [-0.39, 0.29) is 53.0 Å². The molecule has 7 rings (SSSR count). The van der Waals surface area contributed by atoms with Gasteiger partial charge in [0.2, 0.25) is 0 Å². The van der Waals surface area contributed by atoms with Gasteiger partial charge >= 0.3 is 6.09 Å². The Morgan fingerprint density at radius 1 is 0.942 bits per heavy atom. The molecule has 0 aromatic carbocycles. The number of amides is 1. The minimum atomic E-state index is -2.02. The molecule has 7 fully saturated rings. The highest BCUT2D eigenvalue weighted by Gasteiger charge is 2.85. The van der Waals surface area contributed by atoms with E-state index in [2.05, 4.69) is 62.0 Å². The van der Waals surface area contributed by atoms with Gasteiger partial charge in [0, 0.05) is 26.1 Å². The lowest BCUT2D eigenvalue weighted by atomic mass is 9.41. The zero-order chi connectivity index (χ0) is 37.6. The van der Waals surface area contributed by atoms with E-state index in [0.717, 1.165) is 56.0 Å². The van der Waals surface area contributed by atoms with Crippen molar-refractivity contribution in [3.05, 3.63) is 12.2 Å². The number of nitrogens with zero attached hydrogens (tertiary/aromatic N) is 1. The van der Waals surface area contributed by atoms with E-state index in [0.29, 0.717) is 34.5 Å². The molecule has 0 bridgehead atoms. The second-order valence-corrected chi connectivity index (χ2v) is 25.1. The molecular formula is C44H75NO6Si. The van der Waals surface area contributed by atoms with Gasteiger partial charge in [0.05, 0.1) is 24.4 Å². The monoisotopic (exact) mass is 742 g/mol. The number of carbonyl (C=O) groups excluding carboxylic acids is 1. The summed E-state index contributed by atoms with van der Waals surface area (Å²) in [5.41, 5.74) is 1.89. The van der Waals surface area contributed by atoms with Gasteiger partial charge in [-0.05, 0) is 147 Å². The Labute approximate surface area is 318 Å². The minimum absolute atomic E-state index is 0.00241. The summed E-state index contributed by atoms with van der Waals surface area (Å²) in [6, 6.07) is 3.41. The van der Waals surface area contributed by atoms with Gasteiger partial charge in [-0.1, -0.05) is 62.0 Å². The van der Waals surface area contributed by atoms with Crippen LogP contribution in [-0.2, 0) is 23.4 Å². The largest absolute Gasteiger partial charge is 0.439 e. The molecule has 52 heavy (non-hydrogen) atoms. The molecule has 2 spiro atoms. The average molecular weight is 742 g/mol. The van der Waals surface area contributed by atoms with Gasteiger partial charge in [-0.15, -0.1) is 0 Å². The van der Waals surface area contributed by atoms with Crippen molar-refractivity contribution >= 4 is 14.4 Å². The lowest BCUT2D eigenvalue weighted by Crippen LogP contribution is -2.61.